The zero-order chi connectivity index (χ0) is 18.1. The Hall–Kier alpha value is -1.25. The monoisotopic (exact) mass is 389 g/mol. The van der Waals surface area contributed by atoms with Gasteiger partial charge in [-0.3, -0.25) is 4.57 Å². The van der Waals surface area contributed by atoms with Crippen molar-refractivity contribution >= 4 is 36.3 Å². The van der Waals surface area contributed by atoms with Crippen LogP contribution in [0.2, 0.25) is 5.15 Å². The molecule has 0 bridgehead atoms. The summed E-state index contributed by atoms with van der Waals surface area (Å²) in [6.45, 7) is 4.63. The molecular weight excluding hydrogens is 369 g/mol. The van der Waals surface area contributed by atoms with Crippen molar-refractivity contribution in [3.8, 4) is 0 Å². The number of nitrogens with two attached hydrogens (primary N) is 1. The van der Waals surface area contributed by atoms with E-state index >= 15 is 0 Å². The number of halogens is 1. The smallest absolute Gasteiger partial charge is 0.356 e. The first-order chi connectivity index (χ1) is 11.9. The second kappa shape index (κ2) is 7.17. The largest absolute Gasteiger partial charge is 0.368 e. The van der Waals surface area contributed by atoms with Crippen LogP contribution in [-0.4, -0.2) is 44.7 Å². The number of aromatic nitrogens is 4. The van der Waals surface area contributed by atoms with E-state index in [2.05, 4.69) is 15.0 Å². The Balaban J connectivity index is 1.74. The summed E-state index contributed by atoms with van der Waals surface area (Å²) >= 11 is 6.04. The fourth-order valence-corrected chi connectivity index (χ4v) is 4.22. The van der Waals surface area contributed by atoms with Crippen LogP contribution < -0.4 is 5.73 Å². The van der Waals surface area contributed by atoms with Gasteiger partial charge in [0.1, 0.15) is 11.9 Å². The van der Waals surface area contributed by atoms with Crippen LogP contribution in [0, 0.1) is 0 Å². The van der Waals surface area contributed by atoms with Crippen molar-refractivity contribution in [2.45, 2.75) is 38.8 Å². The molecule has 25 heavy (non-hydrogen) atoms. The van der Waals surface area contributed by atoms with Crippen LogP contribution in [0.5, 0.6) is 0 Å². The first-order valence-corrected chi connectivity index (χ1v) is 10.2. The van der Waals surface area contributed by atoms with Crippen LogP contribution in [0.1, 0.15) is 26.7 Å². The Morgan fingerprint density at radius 2 is 2.00 bits per heavy atom. The molecule has 0 atom stereocenters. The molecule has 2 heterocycles. The van der Waals surface area contributed by atoms with Crippen LogP contribution >= 0.6 is 19.2 Å². The standard InChI is InChI=1S/C14H21ClN5O4P/c1-3-23-25(21,24-4-2)9-22-14(5-6-14)7-20-8-17-10-11(15)18-13(16)19-12(10)20/h8H,3-7,9H2,1-2H3,(H2,16,18,19). The average Bonchev–Trinajstić information content (AvgIpc) is 3.20. The summed E-state index contributed by atoms with van der Waals surface area (Å²) in [5.41, 5.74) is 6.26. The van der Waals surface area contributed by atoms with Crippen molar-refractivity contribution in [2.24, 2.45) is 0 Å². The lowest BCUT2D eigenvalue weighted by Gasteiger charge is -2.22. The lowest BCUT2D eigenvalue weighted by Crippen LogP contribution is -2.23. The van der Waals surface area contributed by atoms with Crippen molar-refractivity contribution < 1.29 is 18.3 Å². The van der Waals surface area contributed by atoms with Gasteiger partial charge in [0, 0.05) is 0 Å². The minimum absolute atomic E-state index is 0.0841. The molecule has 0 amide bonds. The summed E-state index contributed by atoms with van der Waals surface area (Å²) in [5, 5.41) is 0.212. The average molecular weight is 390 g/mol. The van der Waals surface area contributed by atoms with E-state index in [9.17, 15) is 4.57 Å². The molecule has 1 fully saturated rings. The molecule has 1 aliphatic rings. The molecule has 3 rings (SSSR count). The third kappa shape index (κ3) is 4.12. The fraction of sp³-hybridized carbons (Fsp3) is 0.643. The van der Waals surface area contributed by atoms with E-state index in [1.165, 1.54) is 0 Å². The van der Waals surface area contributed by atoms with E-state index in [1.54, 1.807) is 20.2 Å². The van der Waals surface area contributed by atoms with Gasteiger partial charge in [-0.15, -0.1) is 0 Å². The van der Waals surface area contributed by atoms with Gasteiger partial charge in [-0.25, -0.2) is 4.98 Å². The molecule has 2 aromatic heterocycles. The first-order valence-electron chi connectivity index (χ1n) is 8.06. The molecule has 0 unspecified atom stereocenters. The maximum Gasteiger partial charge on any atom is 0.356 e. The summed E-state index contributed by atoms with van der Waals surface area (Å²) in [7, 11) is -3.24. The van der Waals surface area contributed by atoms with Crippen LogP contribution in [0.15, 0.2) is 6.33 Å². The highest BCUT2D eigenvalue weighted by Crippen LogP contribution is 2.52. The third-order valence-electron chi connectivity index (χ3n) is 3.89. The Labute approximate surface area is 150 Å². The lowest BCUT2D eigenvalue weighted by atomic mass is 10.3. The maximum absolute atomic E-state index is 12.5. The Morgan fingerprint density at radius 3 is 2.60 bits per heavy atom. The highest BCUT2D eigenvalue weighted by atomic mass is 35.5. The number of fused-ring (bicyclic) bond motifs is 1. The molecular formula is C14H21ClN5O4P. The Kier molecular flexibility index (Phi) is 5.31. The Bertz CT molecular complexity index is 800. The van der Waals surface area contributed by atoms with E-state index in [0.29, 0.717) is 30.9 Å². The number of nitrogen functional groups attached to an aromatic ring is 1. The third-order valence-corrected chi connectivity index (χ3v) is 5.90. The van der Waals surface area contributed by atoms with E-state index in [4.69, 9.17) is 31.1 Å². The SMILES string of the molecule is CCOP(=O)(COC1(Cn2cnc3c(Cl)nc(N)nc32)CC1)OCC. The molecule has 0 saturated heterocycles. The van der Waals surface area contributed by atoms with Gasteiger partial charge in [0.05, 0.1) is 31.7 Å². The summed E-state index contributed by atoms with van der Waals surface area (Å²) in [6.07, 6.45) is 3.20. The zero-order valence-electron chi connectivity index (χ0n) is 14.1. The van der Waals surface area contributed by atoms with E-state index in [0.717, 1.165) is 12.8 Å². The van der Waals surface area contributed by atoms with Crippen molar-refractivity contribution in [1.82, 2.24) is 19.5 Å². The minimum Gasteiger partial charge on any atom is -0.368 e. The van der Waals surface area contributed by atoms with E-state index in [-0.39, 0.29) is 17.4 Å². The molecule has 11 heteroatoms. The summed E-state index contributed by atoms with van der Waals surface area (Å²) < 4.78 is 30.8. The van der Waals surface area contributed by atoms with E-state index in [1.807, 2.05) is 4.57 Å². The van der Waals surface area contributed by atoms with E-state index < -0.39 is 13.2 Å². The van der Waals surface area contributed by atoms with Gasteiger partial charge in [0.25, 0.3) is 0 Å². The number of imidazole rings is 1. The molecule has 2 aromatic rings. The number of nitrogens with zero attached hydrogens (tertiary/aromatic N) is 4. The molecule has 1 saturated carbocycles. The van der Waals surface area contributed by atoms with Crippen molar-refractivity contribution in [3.63, 3.8) is 0 Å². The zero-order valence-corrected chi connectivity index (χ0v) is 15.8. The van der Waals surface area contributed by atoms with Crippen molar-refractivity contribution in [2.75, 3.05) is 25.3 Å². The van der Waals surface area contributed by atoms with Crippen LogP contribution in [0.3, 0.4) is 0 Å². The molecule has 138 valence electrons. The number of hydrogen-bond donors (Lipinski definition) is 1. The minimum atomic E-state index is -3.24. The van der Waals surface area contributed by atoms with Gasteiger partial charge >= 0.3 is 7.60 Å². The number of anilines is 1. The number of ether oxygens (including phenoxy) is 1. The summed E-state index contributed by atoms with van der Waals surface area (Å²) in [6, 6.07) is 0. The van der Waals surface area contributed by atoms with Crippen molar-refractivity contribution in [3.05, 3.63) is 11.5 Å². The van der Waals surface area contributed by atoms with Crippen molar-refractivity contribution in [1.29, 1.82) is 0 Å². The normalized spacial score (nSPS) is 16.4. The van der Waals surface area contributed by atoms with Gasteiger partial charge < -0.3 is 24.1 Å². The molecule has 1 aliphatic carbocycles. The van der Waals surface area contributed by atoms with Gasteiger partial charge in [-0.2, -0.15) is 9.97 Å². The van der Waals surface area contributed by atoms with Crippen LogP contribution in [-0.2, 0) is 24.9 Å². The highest BCUT2D eigenvalue weighted by molar-refractivity contribution is 7.53. The second-order valence-corrected chi connectivity index (χ2v) is 8.17. The molecule has 0 radical (unpaired) electrons. The Morgan fingerprint density at radius 1 is 1.32 bits per heavy atom. The quantitative estimate of drug-likeness (QED) is 0.514. The van der Waals surface area contributed by atoms with Gasteiger partial charge in [-0.05, 0) is 26.7 Å². The number of hydrogen-bond acceptors (Lipinski definition) is 8. The lowest BCUT2D eigenvalue weighted by molar-refractivity contribution is 0.0354. The van der Waals surface area contributed by atoms with Gasteiger partial charge in [0.2, 0.25) is 5.95 Å². The topological polar surface area (TPSA) is 114 Å². The van der Waals surface area contributed by atoms with Gasteiger partial charge in [0.15, 0.2) is 10.8 Å². The first kappa shape index (κ1) is 18.5. The van der Waals surface area contributed by atoms with Gasteiger partial charge in [-0.1, -0.05) is 11.6 Å². The van der Waals surface area contributed by atoms with Crippen LogP contribution in [0.25, 0.3) is 11.2 Å². The fourth-order valence-electron chi connectivity index (χ4n) is 2.56. The predicted molar refractivity (Wildman–Crippen MR) is 93.5 cm³/mol. The summed E-state index contributed by atoms with van der Waals surface area (Å²) in [4.78, 5) is 12.3. The maximum atomic E-state index is 12.5. The molecule has 9 nitrogen and oxygen atoms in total. The van der Waals surface area contributed by atoms with Crippen LogP contribution in [0.4, 0.5) is 5.95 Å². The second-order valence-electron chi connectivity index (χ2n) is 5.82. The molecule has 0 spiro atoms. The predicted octanol–water partition coefficient (Wildman–Crippen LogP) is 2.83. The highest BCUT2D eigenvalue weighted by Gasteiger charge is 2.46. The molecule has 2 N–H and O–H groups in total. The summed E-state index contributed by atoms with van der Waals surface area (Å²) in [5.74, 6) is 0.0854. The molecule has 0 aliphatic heterocycles. The molecule has 0 aromatic carbocycles. The number of rotatable bonds is 9.